The van der Waals surface area contributed by atoms with Crippen LogP contribution >= 0.6 is 0 Å². The van der Waals surface area contributed by atoms with Gasteiger partial charge in [-0.3, -0.25) is 14.7 Å². The molecule has 0 aliphatic heterocycles. The minimum Gasteiger partial charge on any atom is -0.481 e. The number of H-pyrrole nitrogens is 1. The second-order valence-electron chi connectivity index (χ2n) is 20.4. The van der Waals surface area contributed by atoms with E-state index in [-0.39, 0.29) is 44.1 Å². The molecule has 0 fully saturated rings. The van der Waals surface area contributed by atoms with Crippen molar-refractivity contribution in [1.29, 1.82) is 10.5 Å². The van der Waals surface area contributed by atoms with Gasteiger partial charge in [0.15, 0.2) is 11.6 Å². The third kappa shape index (κ3) is 15.4. The number of benzene rings is 2. The van der Waals surface area contributed by atoms with Crippen molar-refractivity contribution in [2.24, 2.45) is 10.8 Å². The fraction of sp³-hybridized carbons (Fsp3) is 0.434. The lowest BCUT2D eigenvalue weighted by molar-refractivity contribution is -0.152. The van der Waals surface area contributed by atoms with Crippen molar-refractivity contribution in [2.75, 3.05) is 26.9 Å². The number of pyridine rings is 2. The van der Waals surface area contributed by atoms with Gasteiger partial charge in [0, 0.05) is 61.5 Å². The quantitative estimate of drug-likeness (QED) is 0.0386. The highest BCUT2D eigenvalue weighted by atomic mass is 28.3. The van der Waals surface area contributed by atoms with Crippen LogP contribution in [0.3, 0.4) is 0 Å². The molecule has 6 aromatic rings. The van der Waals surface area contributed by atoms with Crippen molar-refractivity contribution in [3.05, 3.63) is 83.2 Å². The van der Waals surface area contributed by atoms with Gasteiger partial charge in [0.2, 0.25) is 11.8 Å². The first kappa shape index (κ1) is 56.2. The van der Waals surface area contributed by atoms with E-state index in [9.17, 15) is 25.2 Å². The molecule has 0 amide bonds. The van der Waals surface area contributed by atoms with Crippen LogP contribution in [0.2, 0.25) is 25.7 Å². The third-order valence-corrected chi connectivity index (χ3v) is 12.7. The lowest BCUT2D eigenvalue weighted by atomic mass is 9.95. The summed E-state index contributed by atoms with van der Waals surface area (Å²) < 4.78 is 35.0. The van der Waals surface area contributed by atoms with Crippen molar-refractivity contribution in [2.45, 2.75) is 114 Å². The molecule has 0 atom stereocenters. The van der Waals surface area contributed by atoms with E-state index in [0.29, 0.717) is 58.3 Å². The average molecular weight is 1020 g/mol. The van der Waals surface area contributed by atoms with Crippen LogP contribution in [0.4, 0.5) is 0 Å². The minimum atomic E-state index is -1.22. The Balaban J connectivity index is 0.000000279. The molecule has 4 heterocycles. The molecule has 386 valence electrons. The molecular weight excluding hydrogens is 949 g/mol. The van der Waals surface area contributed by atoms with Crippen LogP contribution in [-0.4, -0.2) is 104 Å². The van der Waals surface area contributed by atoms with Crippen LogP contribution in [0.25, 0.3) is 45.0 Å². The van der Waals surface area contributed by atoms with E-state index in [0.717, 1.165) is 39.4 Å². The Bertz CT molecular complexity index is 2980. The molecule has 0 spiro atoms. The Morgan fingerprint density at radius 3 is 1.79 bits per heavy atom. The smallest absolute Gasteiger partial charge is 0.336 e. The van der Waals surface area contributed by atoms with Gasteiger partial charge < -0.3 is 33.5 Å². The number of aromatic nitrogens is 8. The summed E-state index contributed by atoms with van der Waals surface area (Å²) in [7, 11) is 0.135. The summed E-state index contributed by atoms with van der Waals surface area (Å²) in [5.74, 6) is 0.293. The number of carbonyl (C=O) groups is 2. The zero-order chi connectivity index (χ0) is 53.8. The van der Waals surface area contributed by atoms with Gasteiger partial charge in [-0.15, -0.1) is 10.2 Å². The molecule has 0 saturated heterocycles. The maximum atomic E-state index is 11.9. The predicted molar refractivity (Wildman–Crippen MR) is 276 cm³/mol. The fourth-order valence-electron chi connectivity index (χ4n) is 6.72. The third-order valence-electron chi connectivity index (χ3n) is 11.0. The molecule has 4 aromatic heterocycles. The fourth-order valence-corrected chi connectivity index (χ4v) is 7.48. The van der Waals surface area contributed by atoms with E-state index in [2.05, 4.69) is 67.0 Å². The Hall–Kier alpha value is -7.68. The van der Waals surface area contributed by atoms with Gasteiger partial charge in [-0.2, -0.15) is 25.2 Å². The van der Waals surface area contributed by atoms with Crippen molar-refractivity contribution < 1.29 is 43.1 Å². The van der Waals surface area contributed by atoms with Gasteiger partial charge in [-0.25, -0.2) is 9.97 Å². The van der Waals surface area contributed by atoms with Gasteiger partial charge in [0.05, 0.1) is 53.4 Å². The Labute approximate surface area is 427 Å². The number of nitriles is 2. The van der Waals surface area contributed by atoms with Crippen LogP contribution in [0.1, 0.15) is 77.6 Å². The molecule has 20 heteroatoms. The number of hydrogen-bond acceptors (Lipinski definition) is 16. The van der Waals surface area contributed by atoms with E-state index in [1.54, 1.807) is 69.0 Å². The minimum absolute atomic E-state index is 0.00108. The van der Waals surface area contributed by atoms with Crippen molar-refractivity contribution in [1.82, 2.24) is 39.9 Å². The van der Waals surface area contributed by atoms with E-state index >= 15 is 0 Å². The number of carboxylic acids is 1. The lowest BCUT2D eigenvalue weighted by Gasteiger charge is -2.21. The first-order valence-corrected chi connectivity index (χ1v) is 27.4. The molecule has 0 radical (unpaired) electrons. The first-order valence-electron chi connectivity index (χ1n) is 23.7. The molecule has 2 N–H and O–H groups in total. The summed E-state index contributed by atoms with van der Waals surface area (Å²) >= 11 is 0. The maximum Gasteiger partial charge on any atom is 0.336 e. The molecular formula is C53H66N10O9Si. The second-order valence-corrected chi connectivity index (χ2v) is 26.0. The van der Waals surface area contributed by atoms with Crippen molar-refractivity contribution >= 4 is 20.0 Å². The van der Waals surface area contributed by atoms with E-state index in [1.807, 2.05) is 65.8 Å². The van der Waals surface area contributed by atoms with Crippen LogP contribution in [0.15, 0.2) is 60.9 Å². The van der Waals surface area contributed by atoms with Crippen LogP contribution in [0.5, 0.6) is 23.8 Å². The number of aliphatic carboxylic acids is 1. The summed E-state index contributed by atoms with van der Waals surface area (Å²) in [5.41, 5.74) is 5.35. The second kappa shape index (κ2) is 24.2. The molecule has 2 aromatic carbocycles. The Morgan fingerprint density at radius 2 is 1.30 bits per heavy atom. The lowest BCUT2D eigenvalue weighted by Crippen LogP contribution is -2.32. The average Bonchev–Trinajstić information content (AvgIpc) is 3.96. The number of ether oxygens (including phenoxy) is 6. The standard InChI is InChI=1S/C30H41N5O5Si.C23H25N5O4/c1-20(2)40-29-33-27(34-35(29)19-38-12-13-41(7,8)9)24-11-10-22(15-23(24)16-31)25-17-32-26(14-21(25)3)39-18-30(4,5)28(36)37-6;1-13(2)32-22-26-20(27-28-22)17-7-6-15(9-16(17)10-24)18-11-25-19(8-14(18)3)31-12-23(4,5)21(29)30/h10-11,14-15,17,20H,12-13,18-19H2,1-9H3;6-9,11,13H,12H2,1-5H3,(H,29,30)(H,26,27,28). The number of nitrogens with one attached hydrogen (secondary N) is 1. The Morgan fingerprint density at radius 1 is 0.767 bits per heavy atom. The van der Waals surface area contributed by atoms with Gasteiger partial charge >= 0.3 is 24.0 Å². The van der Waals surface area contributed by atoms with Crippen molar-refractivity contribution in [3.63, 3.8) is 0 Å². The van der Waals surface area contributed by atoms with E-state index in [4.69, 9.17) is 28.4 Å². The highest BCUT2D eigenvalue weighted by Crippen LogP contribution is 2.33. The highest BCUT2D eigenvalue weighted by molar-refractivity contribution is 6.76. The summed E-state index contributed by atoms with van der Waals surface area (Å²) in [4.78, 5) is 40.8. The number of rotatable bonds is 21. The number of esters is 1. The van der Waals surface area contributed by atoms with Crippen LogP contribution < -0.4 is 18.9 Å². The molecule has 0 saturated carbocycles. The van der Waals surface area contributed by atoms with E-state index in [1.165, 1.54) is 7.11 Å². The van der Waals surface area contributed by atoms with Crippen molar-refractivity contribution in [3.8, 4) is 80.9 Å². The molecule has 19 nitrogen and oxygen atoms in total. The SMILES string of the molecule is COC(=O)C(C)(C)COc1cc(C)c(-c2ccc(-c3nc(OC(C)C)n(COCC[Si](C)(C)C)n3)c(C#N)c2)cn1.Cc1cc(OCC(C)(C)C(=O)O)ncc1-c1ccc(-c2nc(OC(C)C)n[nH]2)c(C#N)c1. The number of aryl methyl sites for hydroxylation is 2. The Kier molecular flexibility index (Phi) is 18.6. The zero-order valence-corrected chi connectivity index (χ0v) is 45.2. The largest absolute Gasteiger partial charge is 0.481 e. The summed E-state index contributed by atoms with van der Waals surface area (Å²) in [6.07, 6.45) is 3.19. The summed E-state index contributed by atoms with van der Waals surface area (Å²) in [6, 6.07) is 20.6. The topological polar surface area (TPSA) is 255 Å². The number of carbonyl (C=O) groups excluding carboxylic acids is 1. The molecule has 6 rings (SSSR count). The van der Waals surface area contributed by atoms with Crippen LogP contribution in [-0.2, 0) is 25.8 Å². The monoisotopic (exact) mass is 1010 g/mol. The molecule has 0 aliphatic rings. The van der Waals surface area contributed by atoms with Gasteiger partial charge in [0.25, 0.3) is 0 Å². The number of carboxylic acid groups (broad SMARTS) is 1. The molecule has 0 unspecified atom stereocenters. The number of methoxy groups -OCH3 is 1. The number of hydrogen-bond donors (Lipinski definition) is 2. The zero-order valence-electron chi connectivity index (χ0n) is 44.2. The summed E-state index contributed by atoms with van der Waals surface area (Å²) in [5, 5.41) is 40.4. The normalized spacial score (nSPS) is 11.6. The summed E-state index contributed by atoms with van der Waals surface area (Å²) in [6.45, 7) is 26.0. The maximum absolute atomic E-state index is 11.9. The van der Waals surface area contributed by atoms with Gasteiger partial charge in [-0.1, -0.05) is 31.8 Å². The van der Waals surface area contributed by atoms with Crippen LogP contribution in [0, 0.1) is 47.3 Å². The molecule has 0 aliphatic carbocycles. The van der Waals surface area contributed by atoms with Gasteiger partial charge in [0.1, 0.15) is 19.9 Å². The first-order chi connectivity index (χ1) is 34.3. The predicted octanol–water partition coefficient (Wildman–Crippen LogP) is 9.86. The van der Waals surface area contributed by atoms with E-state index < -0.39 is 24.9 Å². The molecule has 0 bridgehead atoms. The van der Waals surface area contributed by atoms with Gasteiger partial charge in [-0.05, 0) is 122 Å². The highest BCUT2D eigenvalue weighted by Gasteiger charge is 2.31. The number of nitrogens with zero attached hydrogens (tertiary/aromatic N) is 9. The molecule has 73 heavy (non-hydrogen) atoms. The number of aromatic amines is 1.